The van der Waals surface area contributed by atoms with Crippen LogP contribution in [0.1, 0.15) is 40.2 Å². The van der Waals surface area contributed by atoms with Gasteiger partial charge in [-0.2, -0.15) is 0 Å². The molecule has 6 atom stereocenters. The van der Waals surface area contributed by atoms with E-state index < -0.39 is 74.3 Å². The predicted octanol–water partition coefficient (Wildman–Crippen LogP) is 4.57. The quantitative estimate of drug-likeness (QED) is 0.191. The number of carboxylic acids is 1. The second-order valence-electron chi connectivity index (χ2n) is 12.5. The van der Waals surface area contributed by atoms with E-state index in [4.69, 9.17) is 27.9 Å². The van der Waals surface area contributed by atoms with Gasteiger partial charge in [-0.15, -0.1) is 23.2 Å². The minimum absolute atomic E-state index is 0.0151. The number of carbonyl (C=O) groups is 5. The average Bonchev–Trinajstić information content (AvgIpc) is 3.39. The number of rotatable bonds is 6. The Morgan fingerprint density at radius 2 is 1.65 bits per heavy atom. The lowest BCUT2D eigenvalue weighted by molar-refractivity contribution is -0.138. The van der Waals surface area contributed by atoms with Crippen LogP contribution in [-0.4, -0.2) is 66.6 Å². The smallest absolute Gasteiger partial charge is 0.339 e. The summed E-state index contributed by atoms with van der Waals surface area (Å²) in [6.07, 6.45) is 1.56. The van der Waals surface area contributed by atoms with Crippen molar-refractivity contribution in [3.63, 3.8) is 0 Å². The lowest BCUT2D eigenvalue weighted by Gasteiger charge is -2.50. The molecule has 2 aliphatic heterocycles. The molecule has 0 unspecified atom stereocenters. The molecule has 13 heteroatoms. The van der Waals surface area contributed by atoms with E-state index in [2.05, 4.69) is 0 Å². The summed E-state index contributed by atoms with van der Waals surface area (Å²) in [7, 11) is 1.27. The van der Waals surface area contributed by atoms with Crippen molar-refractivity contribution >= 4 is 58.5 Å². The van der Waals surface area contributed by atoms with Crippen LogP contribution >= 0.6 is 23.2 Å². The maximum Gasteiger partial charge on any atom is 0.339 e. The first-order valence-corrected chi connectivity index (χ1v) is 15.9. The molecular formula is C35H28Cl2N2O9. The molecule has 3 aromatic rings. The third-order valence-electron chi connectivity index (χ3n) is 10.0. The van der Waals surface area contributed by atoms with E-state index in [1.54, 1.807) is 18.2 Å². The van der Waals surface area contributed by atoms with Crippen LogP contribution in [0.15, 0.2) is 78.4 Å². The molecule has 4 amide bonds. The predicted molar refractivity (Wildman–Crippen MR) is 172 cm³/mol. The highest BCUT2D eigenvalue weighted by Gasteiger charge is 2.76. The number of carboxylic acid groups (broad SMARTS) is 1. The molecule has 3 fully saturated rings. The number of ether oxygens (including phenoxy) is 1. The topological polar surface area (TPSA) is 162 Å². The lowest BCUT2D eigenvalue weighted by atomic mass is 9.56. The van der Waals surface area contributed by atoms with Gasteiger partial charge in [0.15, 0.2) is 9.75 Å². The van der Waals surface area contributed by atoms with Gasteiger partial charge in [-0.05, 0) is 42.5 Å². The zero-order valence-corrected chi connectivity index (χ0v) is 26.8. The Morgan fingerprint density at radius 1 is 0.917 bits per heavy atom. The SMILES string of the molecule is CN1C(=O)[C@]2(Cl)C[C@@H]3C(=CC[C@@H]4C(=O)N(c5ccc(C(=O)O)c(O)c5)C(=O)[C@@H]43)[C@H](c3ccc(OCc4ccccc4)cc3O)[C@]2(Cl)C1=O. The van der Waals surface area contributed by atoms with Crippen molar-refractivity contribution in [1.29, 1.82) is 0 Å². The molecule has 0 bridgehead atoms. The number of halogens is 2. The van der Waals surface area contributed by atoms with Gasteiger partial charge in [-0.1, -0.05) is 48.0 Å². The van der Waals surface area contributed by atoms with Gasteiger partial charge in [0.05, 0.1) is 17.5 Å². The van der Waals surface area contributed by atoms with Crippen molar-refractivity contribution in [2.45, 2.75) is 35.1 Å². The number of likely N-dealkylation sites (tertiary alicyclic amines) is 1. The summed E-state index contributed by atoms with van der Waals surface area (Å²) < 4.78 is 5.87. The van der Waals surface area contributed by atoms with E-state index in [9.17, 15) is 39.3 Å². The number of carbonyl (C=O) groups excluding carboxylic acids is 4. The van der Waals surface area contributed by atoms with E-state index in [0.717, 1.165) is 27.5 Å². The Labute approximate surface area is 283 Å². The number of alkyl halides is 2. The maximum absolute atomic E-state index is 14.1. The minimum Gasteiger partial charge on any atom is -0.508 e. The molecule has 7 rings (SSSR count). The summed E-state index contributed by atoms with van der Waals surface area (Å²) in [5.74, 6) is -8.58. The van der Waals surface area contributed by atoms with Crippen LogP contribution in [0.2, 0.25) is 0 Å². The number of fused-ring (bicyclic) bond motifs is 4. The van der Waals surface area contributed by atoms with Crippen LogP contribution in [0.5, 0.6) is 17.2 Å². The number of phenolic OH excluding ortho intramolecular Hbond substituents is 1. The number of anilines is 1. The first-order valence-electron chi connectivity index (χ1n) is 15.1. The molecule has 2 heterocycles. The van der Waals surface area contributed by atoms with Gasteiger partial charge in [0.1, 0.15) is 29.4 Å². The van der Waals surface area contributed by atoms with Crippen LogP contribution in [-0.2, 0) is 25.8 Å². The van der Waals surface area contributed by atoms with E-state index in [0.29, 0.717) is 11.3 Å². The zero-order chi connectivity index (χ0) is 34.3. The number of phenols is 2. The third-order valence-corrected chi connectivity index (χ3v) is 11.5. The fourth-order valence-corrected chi connectivity index (χ4v) is 8.79. The van der Waals surface area contributed by atoms with Gasteiger partial charge in [-0.3, -0.25) is 24.1 Å². The first kappa shape index (κ1) is 31.7. The summed E-state index contributed by atoms with van der Waals surface area (Å²) in [6.45, 7) is 0.227. The van der Waals surface area contributed by atoms with Crippen molar-refractivity contribution in [2.24, 2.45) is 17.8 Å². The largest absolute Gasteiger partial charge is 0.508 e. The van der Waals surface area contributed by atoms with Crippen molar-refractivity contribution in [2.75, 3.05) is 11.9 Å². The van der Waals surface area contributed by atoms with E-state index in [-0.39, 0.29) is 36.4 Å². The normalized spacial score (nSPS) is 29.4. The number of hydrogen-bond donors (Lipinski definition) is 3. The molecule has 246 valence electrons. The molecule has 11 nitrogen and oxygen atoms in total. The van der Waals surface area contributed by atoms with Crippen LogP contribution in [0, 0.1) is 17.8 Å². The summed E-state index contributed by atoms with van der Waals surface area (Å²) in [5, 5.41) is 31.0. The highest BCUT2D eigenvalue weighted by Crippen LogP contribution is 2.66. The average molecular weight is 692 g/mol. The lowest BCUT2D eigenvalue weighted by Crippen LogP contribution is -2.60. The van der Waals surface area contributed by atoms with E-state index >= 15 is 0 Å². The molecule has 3 aromatic carbocycles. The standard InChI is InChI=1S/C35H28Cl2N2O9/c1-38-32(46)34(36)15-24-20(11-12-23-27(24)30(43)39(29(23)42)18-7-9-22(31(44)45)25(40)13-18)28(35(34,37)33(38)47)21-10-8-19(14-26(21)41)48-16-17-5-3-2-4-6-17/h2-11,13-14,23-24,27-28,40-41H,12,15-16H2,1H3,(H,44,45)/t23-,24+,27-,28+,34+,35-/m0/s1. The Bertz CT molecular complexity index is 1970. The van der Waals surface area contributed by atoms with E-state index in [1.807, 2.05) is 30.3 Å². The highest BCUT2D eigenvalue weighted by atomic mass is 35.5. The van der Waals surface area contributed by atoms with Crippen molar-refractivity contribution < 1.29 is 44.0 Å². The number of benzene rings is 3. The number of aromatic hydroxyl groups is 2. The van der Waals surface area contributed by atoms with Gasteiger partial charge in [0.25, 0.3) is 11.8 Å². The fourth-order valence-electron chi connectivity index (χ4n) is 7.78. The monoisotopic (exact) mass is 690 g/mol. The summed E-state index contributed by atoms with van der Waals surface area (Å²) in [6, 6.07) is 17.3. The summed E-state index contributed by atoms with van der Waals surface area (Å²) in [5.41, 5.74) is 1.16. The summed E-state index contributed by atoms with van der Waals surface area (Å²) >= 11 is 14.4. The first-order chi connectivity index (χ1) is 22.8. The van der Waals surface area contributed by atoms with Crippen molar-refractivity contribution in [3.05, 3.63) is 95.1 Å². The number of aromatic carboxylic acids is 1. The van der Waals surface area contributed by atoms with E-state index in [1.165, 1.54) is 19.2 Å². The second kappa shape index (κ2) is 11.1. The molecule has 2 saturated heterocycles. The van der Waals surface area contributed by atoms with Crippen LogP contribution < -0.4 is 9.64 Å². The molecular weight excluding hydrogens is 663 g/mol. The molecule has 0 radical (unpaired) electrons. The summed E-state index contributed by atoms with van der Waals surface area (Å²) in [4.78, 5) is 64.5. The molecule has 48 heavy (non-hydrogen) atoms. The van der Waals surface area contributed by atoms with Gasteiger partial charge in [0, 0.05) is 30.7 Å². The molecule has 3 N–H and O–H groups in total. The minimum atomic E-state index is -2.08. The van der Waals surface area contributed by atoms with Gasteiger partial charge >= 0.3 is 5.97 Å². The van der Waals surface area contributed by atoms with Gasteiger partial charge in [0.2, 0.25) is 11.8 Å². The van der Waals surface area contributed by atoms with Crippen LogP contribution in [0.25, 0.3) is 0 Å². The maximum atomic E-state index is 14.1. The number of allylic oxidation sites excluding steroid dienone is 2. The Balaban J connectivity index is 1.29. The van der Waals surface area contributed by atoms with Crippen LogP contribution in [0.4, 0.5) is 5.69 Å². The number of hydrogen-bond acceptors (Lipinski definition) is 8. The Morgan fingerprint density at radius 3 is 2.31 bits per heavy atom. The van der Waals surface area contributed by atoms with Crippen molar-refractivity contribution in [1.82, 2.24) is 4.90 Å². The van der Waals surface area contributed by atoms with Crippen molar-refractivity contribution in [3.8, 4) is 17.2 Å². The molecule has 2 aliphatic carbocycles. The highest BCUT2D eigenvalue weighted by molar-refractivity contribution is 6.53. The number of nitrogens with zero attached hydrogens (tertiary/aromatic N) is 2. The third kappa shape index (κ3) is 4.37. The molecule has 1 saturated carbocycles. The Hall–Kier alpha value is -4.87. The molecule has 0 spiro atoms. The van der Waals surface area contributed by atoms with Gasteiger partial charge in [-0.25, -0.2) is 9.69 Å². The number of amides is 4. The second-order valence-corrected chi connectivity index (χ2v) is 13.8. The number of imide groups is 2. The fraction of sp³-hybridized carbons (Fsp3) is 0.286. The van der Waals surface area contributed by atoms with Crippen LogP contribution in [0.3, 0.4) is 0 Å². The zero-order valence-electron chi connectivity index (χ0n) is 25.3. The molecule has 4 aliphatic rings. The molecule has 0 aromatic heterocycles. The Kier molecular flexibility index (Phi) is 7.33. The van der Waals surface area contributed by atoms with Gasteiger partial charge < -0.3 is 20.1 Å².